The monoisotopic (exact) mass is 247 g/mol. The number of fused-ring (bicyclic) bond motifs is 1. The fraction of sp³-hybridized carbons (Fsp3) is 0.500. The van der Waals surface area contributed by atoms with Crippen molar-refractivity contribution in [3.63, 3.8) is 0 Å². The molecule has 2 aromatic heterocycles. The molecule has 0 saturated carbocycles. The van der Waals surface area contributed by atoms with Gasteiger partial charge in [0.1, 0.15) is 6.33 Å². The van der Waals surface area contributed by atoms with Gasteiger partial charge in [-0.05, 0) is 13.3 Å². The smallest absolute Gasteiger partial charge is 0.222 e. The highest BCUT2D eigenvalue weighted by atomic mass is 16.1. The van der Waals surface area contributed by atoms with Crippen molar-refractivity contribution in [3.8, 4) is 0 Å². The number of amides is 1. The Morgan fingerprint density at radius 3 is 2.89 bits per heavy atom. The summed E-state index contributed by atoms with van der Waals surface area (Å²) < 4.78 is 2.02. The minimum absolute atomic E-state index is 0.161. The molecule has 6 nitrogen and oxygen atoms in total. The van der Waals surface area contributed by atoms with Gasteiger partial charge in [0.15, 0.2) is 17.0 Å². The second-order valence-corrected chi connectivity index (χ2v) is 4.37. The lowest BCUT2D eigenvalue weighted by Gasteiger charge is -2.12. The van der Waals surface area contributed by atoms with Gasteiger partial charge in [-0.15, -0.1) is 0 Å². The molecule has 0 bridgehead atoms. The van der Waals surface area contributed by atoms with Crippen LogP contribution in [-0.4, -0.2) is 25.4 Å². The molecular formula is C12H17N5O. The van der Waals surface area contributed by atoms with Crippen LogP contribution >= 0.6 is 0 Å². The standard InChI is InChI=1S/C12H17N5O/c1-4-5-8(2)17-7-15-10-11(16-9(3)18)13-6-14-12(10)17/h6-8H,4-5H2,1-3H3,(H,13,14,16,18). The lowest BCUT2D eigenvalue weighted by Crippen LogP contribution is -2.09. The zero-order chi connectivity index (χ0) is 13.1. The normalized spacial score (nSPS) is 12.6. The quantitative estimate of drug-likeness (QED) is 0.898. The number of aromatic nitrogens is 4. The molecule has 0 radical (unpaired) electrons. The Morgan fingerprint density at radius 2 is 2.22 bits per heavy atom. The van der Waals surface area contributed by atoms with Crippen molar-refractivity contribution < 1.29 is 4.79 Å². The molecule has 0 aliphatic rings. The van der Waals surface area contributed by atoms with Gasteiger partial charge in [-0.25, -0.2) is 15.0 Å². The summed E-state index contributed by atoms with van der Waals surface area (Å²) in [5.41, 5.74) is 1.39. The highest BCUT2D eigenvalue weighted by Crippen LogP contribution is 2.22. The molecule has 1 atom stereocenters. The molecule has 0 saturated heterocycles. The summed E-state index contributed by atoms with van der Waals surface area (Å²) in [6.45, 7) is 5.72. The van der Waals surface area contributed by atoms with E-state index >= 15 is 0 Å². The Kier molecular flexibility index (Phi) is 3.55. The van der Waals surface area contributed by atoms with Crippen LogP contribution in [0.4, 0.5) is 5.82 Å². The average molecular weight is 247 g/mol. The first kappa shape index (κ1) is 12.5. The second kappa shape index (κ2) is 5.12. The van der Waals surface area contributed by atoms with Gasteiger partial charge in [-0.1, -0.05) is 13.3 Å². The van der Waals surface area contributed by atoms with Crippen molar-refractivity contribution in [1.82, 2.24) is 19.5 Å². The van der Waals surface area contributed by atoms with Crippen molar-refractivity contribution in [2.75, 3.05) is 5.32 Å². The third-order valence-electron chi connectivity index (χ3n) is 2.83. The highest BCUT2D eigenvalue weighted by molar-refractivity contribution is 5.95. The average Bonchev–Trinajstić information content (AvgIpc) is 2.73. The van der Waals surface area contributed by atoms with Crippen LogP contribution in [0, 0.1) is 0 Å². The lowest BCUT2D eigenvalue weighted by molar-refractivity contribution is -0.114. The van der Waals surface area contributed by atoms with Crippen LogP contribution in [0.25, 0.3) is 11.2 Å². The molecule has 0 fully saturated rings. The SMILES string of the molecule is CCCC(C)n1cnc2c(NC(C)=O)ncnc21. The molecule has 0 aromatic carbocycles. The number of carbonyl (C=O) groups is 1. The van der Waals surface area contributed by atoms with Gasteiger partial charge in [0.2, 0.25) is 5.91 Å². The number of rotatable bonds is 4. The van der Waals surface area contributed by atoms with E-state index in [1.165, 1.54) is 13.3 Å². The summed E-state index contributed by atoms with van der Waals surface area (Å²) in [5.74, 6) is 0.307. The van der Waals surface area contributed by atoms with Crippen molar-refractivity contribution in [2.45, 2.75) is 39.7 Å². The molecule has 1 N–H and O–H groups in total. The highest BCUT2D eigenvalue weighted by Gasteiger charge is 2.13. The van der Waals surface area contributed by atoms with E-state index in [-0.39, 0.29) is 5.91 Å². The maximum Gasteiger partial charge on any atom is 0.222 e. The zero-order valence-corrected chi connectivity index (χ0v) is 10.8. The van der Waals surface area contributed by atoms with E-state index in [9.17, 15) is 4.79 Å². The number of carbonyl (C=O) groups excluding carboxylic acids is 1. The van der Waals surface area contributed by atoms with Crippen molar-refractivity contribution in [2.24, 2.45) is 0 Å². The predicted octanol–water partition coefficient (Wildman–Crippen LogP) is 2.15. The largest absolute Gasteiger partial charge is 0.312 e. The fourth-order valence-electron chi connectivity index (χ4n) is 1.99. The minimum atomic E-state index is -0.161. The van der Waals surface area contributed by atoms with Crippen molar-refractivity contribution in [1.29, 1.82) is 0 Å². The molecule has 0 aliphatic carbocycles. The Hall–Kier alpha value is -1.98. The van der Waals surface area contributed by atoms with E-state index in [1.807, 2.05) is 4.57 Å². The number of imidazole rings is 1. The fourth-order valence-corrected chi connectivity index (χ4v) is 1.99. The van der Waals surface area contributed by atoms with Crippen molar-refractivity contribution >= 4 is 22.9 Å². The lowest BCUT2D eigenvalue weighted by atomic mass is 10.2. The topological polar surface area (TPSA) is 72.7 Å². The van der Waals surface area contributed by atoms with Gasteiger partial charge in [0, 0.05) is 13.0 Å². The zero-order valence-electron chi connectivity index (χ0n) is 10.8. The Bertz CT molecular complexity index is 563. The number of nitrogens with one attached hydrogen (secondary N) is 1. The molecule has 2 rings (SSSR count). The molecule has 1 amide bonds. The first-order valence-corrected chi connectivity index (χ1v) is 6.08. The Balaban J connectivity index is 2.44. The van der Waals surface area contributed by atoms with E-state index in [1.54, 1.807) is 6.33 Å². The number of nitrogens with zero attached hydrogens (tertiary/aromatic N) is 4. The first-order valence-electron chi connectivity index (χ1n) is 6.08. The van der Waals surface area contributed by atoms with E-state index in [0.717, 1.165) is 18.5 Å². The molecule has 6 heteroatoms. The van der Waals surface area contributed by atoms with Crippen LogP contribution in [0.3, 0.4) is 0 Å². The molecule has 2 heterocycles. The summed E-state index contributed by atoms with van der Waals surface area (Å²) >= 11 is 0. The number of hydrogen-bond donors (Lipinski definition) is 1. The van der Waals surface area contributed by atoms with Crippen LogP contribution in [0.2, 0.25) is 0 Å². The van der Waals surface area contributed by atoms with Gasteiger partial charge in [0.25, 0.3) is 0 Å². The van der Waals surface area contributed by atoms with Crippen molar-refractivity contribution in [3.05, 3.63) is 12.7 Å². The third-order valence-corrected chi connectivity index (χ3v) is 2.83. The Labute approximate surface area is 105 Å². The molecule has 96 valence electrons. The summed E-state index contributed by atoms with van der Waals surface area (Å²) in [4.78, 5) is 23.7. The van der Waals surface area contributed by atoms with E-state index in [2.05, 4.69) is 34.1 Å². The summed E-state index contributed by atoms with van der Waals surface area (Å²) in [5, 5.41) is 2.67. The second-order valence-electron chi connectivity index (χ2n) is 4.37. The minimum Gasteiger partial charge on any atom is -0.312 e. The van der Waals surface area contributed by atoms with Gasteiger partial charge < -0.3 is 9.88 Å². The maximum absolute atomic E-state index is 11.1. The van der Waals surface area contributed by atoms with Crippen LogP contribution < -0.4 is 5.32 Å². The van der Waals surface area contributed by atoms with E-state index < -0.39 is 0 Å². The van der Waals surface area contributed by atoms with E-state index in [4.69, 9.17) is 0 Å². The number of anilines is 1. The molecular weight excluding hydrogens is 230 g/mol. The summed E-state index contributed by atoms with van der Waals surface area (Å²) in [6.07, 6.45) is 5.37. The van der Waals surface area contributed by atoms with Crippen LogP contribution in [0.5, 0.6) is 0 Å². The predicted molar refractivity (Wildman–Crippen MR) is 69.2 cm³/mol. The summed E-state index contributed by atoms with van der Waals surface area (Å²) in [6, 6.07) is 0.333. The first-order chi connectivity index (χ1) is 8.63. The van der Waals surface area contributed by atoms with Crippen LogP contribution in [-0.2, 0) is 4.79 Å². The molecule has 18 heavy (non-hydrogen) atoms. The van der Waals surface area contributed by atoms with E-state index in [0.29, 0.717) is 17.4 Å². The Morgan fingerprint density at radius 1 is 1.44 bits per heavy atom. The van der Waals surface area contributed by atoms with Crippen LogP contribution in [0.1, 0.15) is 39.7 Å². The van der Waals surface area contributed by atoms with Gasteiger partial charge >= 0.3 is 0 Å². The molecule has 2 aromatic rings. The van der Waals surface area contributed by atoms with Gasteiger partial charge in [-0.2, -0.15) is 0 Å². The third kappa shape index (κ3) is 2.32. The molecule has 1 unspecified atom stereocenters. The maximum atomic E-state index is 11.1. The van der Waals surface area contributed by atoms with Gasteiger partial charge in [0.05, 0.1) is 6.33 Å². The van der Waals surface area contributed by atoms with Gasteiger partial charge in [-0.3, -0.25) is 4.79 Å². The summed E-state index contributed by atoms with van der Waals surface area (Å²) in [7, 11) is 0. The van der Waals surface area contributed by atoms with Crippen LogP contribution in [0.15, 0.2) is 12.7 Å². The molecule has 0 spiro atoms. The molecule has 0 aliphatic heterocycles. The number of hydrogen-bond acceptors (Lipinski definition) is 4.